The summed E-state index contributed by atoms with van der Waals surface area (Å²) in [7, 11) is 6.60. The largest absolute Gasteiger partial charge is 0.497 e. The average Bonchev–Trinajstić information content (AvgIpc) is 2.82. The monoisotopic (exact) mass is 410 g/mol. The number of nitrogens with one attached hydrogen (secondary N) is 1. The molecule has 2 heterocycles. The smallest absolute Gasteiger partial charge is 0.162 e. The first-order chi connectivity index (χ1) is 14.7. The predicted molar refractivity (Wildman–Crippen MR) is 115 cm³/mol. The van der Waals surface area contributed by atoms with Crippen LogP contribution in [0.3, 0.4) is 0 Å². The van der Waals surface area contributed by atoms with E-state index in [0.29, 0.717) is 11.5 Å². The van der Waals surface area contributed by atoms with E-state index >= 15 is 0 Å². The Morgan fingerprint density at radius 1 is 0.900 bits per heavy atom. The first-order valence-electron chi connectivity index (χ1n) is 9.75. The number of anilines is 1. The highest BCUT2D eigenvalue weighted by Crippen LogP contribution is 2.36. The minimum absolute atomic E-state index is 0.0639. The number of piperazine rings is 1. The van der Waals surface area contributed by atoms with Gasteiger partial charge in [-0.25, -0.2) is 9.97 Å². The van der Waals surface area contributed by atoms with Crippen molar-refractivity contribution >= 4 is 16.7 Å². The van der Waals surface area contributed by atoms with Crippen LogP contribution in [0, 0.1) is 0 Å². The fourth-order valence-corrected chi connectivity index (χ4v) is 3.88. The van der Waals surface area contributed by atoms with Crippen molar-refractivity contribution in [2.24, 2.45) is 0 Å². The van der Waals surface area contributed by atoms with Gasteiger partial charge in [0.2, 0.25) is 0 Å². The van der Waals surface area contributed by atoms with Crippen molar-refractivity contribution < 1.29 is 18.9 Å². The molecule has 30 heavy (non-hydrogen) atoms. The van der Waals surface area contributed by atoms with Gasteiger partial charge in [-0.05, 0) is 24.3 Å². The quantitative estimate of drug-likeness (QED) is 0.665. The number of ether oxygens (including phenoxy) is 4. The molecule has 1 N–H and O–H groups in total. The van der Waals surface area contributed by atoms with E-state index in [1.165, 1.54) is 0 Å². The highest BCUT2D eigenvalue weighted by molar-refractivity contribution is 5.92. The molecule has 1 aromatic heterocycles. The van der Waals surface area contributed by atoms with Gasteiger partial charge in [0.05, 0.1) is 40.0 Å². The SMILES string of the molecule is COc1ccc(OC)c(C2CN(c3ncnc4cc(OC)c(OC)cc34)CCN2)c1. The molecule has 1 aliphatic rings. The molecule has 8 nitrogen and oxygen atoms in total. The lowest BCUT2D eigenvalue weighted by molar-refractivity contribution is 0.355. The van der Waals surface area contributed by atoms with Crippen LogP contribution in [-0.4, -0.2) is 58.0 Å². The summed E-state index contributed by atoms with van der Waals surface area (Å²) in [6, 6.07) is 9.74. The highest BCUT2D eigenvalue weighted by atomic mass is 16.5. The zero-order chi connectivity index (χ0) is 21.1. The first kappa shape index (κ1) is 20.0. The maximum atomic E-state index is 5.59. The summed E-state index contributed by atoms with van der Waals surface area (Å²) in [4.78, 5) is 11.3. The molecule has 4 rings (SSSR count). The standard InChI is InChI=1S/C22H26N4O4/c1-27-14-5-6-19(28-2)15(9-14)18-12-26(8-7-23-18)22-16-10-20(29-3)21(30-4)11-17(16)24-13-25-22/h5-6,9-11,13,18,23H,7-8,12H2,1-4H3. The molecule has 1 atom stereocenters. The maximum absolute atomic E-state index is 5.59. The van der Waals surface area contributed by atoms with Gasteiger partial charge in [0.15, 0.2) is 11.5 Å². The van der Waals surface area contributed by atoms with Crippen LogP contribution < -0.4 is 29.2 Å². The summed E-state index contributed by atoms with van der Waals surface area (Å²) in [6.07, 6.45) is 1.59. The second-order valence-electron chi connectivity index (χ2n) is 6.98. The number of nitrogens with zero attached hydrogens (tertiary/aromatic N) is 3. The Morgan fingerprint density at radius 2 is 1.67 bits per heavy atom. The summed E-state index contributed by atoms with van der Waals surface area (Å²) in [5, 5.41) is 4.51. The van der Waals surface area contributed by atoms with E-state index in [4.69, 9.17) is 18.9 Å². The fraction of sp³-hybridized carbons (Fsp3) is 0.364. The molecule has 1 saturated heterocycles. The Kier molecular flexibility index (Phi) is 5.76. The lowest BCUT2D eigenvalue weighted by atomic mass is 10.0. The van der Waals surface area contributed by atoms with Crippen LogP contribution in [-0.2, 0) is 0 Å². The van der Waals surface area contributed by atoms with Gasteiger partial charge in [-0.3, -0.25) is 0 Å². The van der Waals surface area contributed by atoms with Crippen LogP contribution in [0.15, 0.2) is 36.7 Å². The van der Waals surface area contributed by atoms with Crippen molar-refractivity contribution in [2.75, 3.05) is 53.0 Å². The Labute approximate surface area is 175 Å². The average molecular weight is 410 g/mol. The summed E-state index contributed by atoms with van der Waals surface area (Å²) >= 11 is 0. The van der Waals surface area contributed by atoms with Crippen LogP contribution in [0.4, 0.5) is 5.82 Å². The Morgan fingerprint density at radius 3 is 2.40 bits per heavy atom. The van der Waals surface area contributed by atoms with E-state index in [1.807, 2.05) is 30.3 Å². The second-order valence-corrected chi connectivity index (χ2v) is 6.98. The van der Waals surface area contributed by atoms with Crippen molar-refractivity contribution in [3.05, 3.63) is 42.2 Å². The first-order valence-corrected chi connectivity index (χ1v) is 9.75. The topological polar surface area (TPSA) is 78.0 Å². The predicted octanol–water partition coefficient (Wildman–Crippen LogP) is 2.82. The van der Waals surface area contributed by atoms with E-state index in [2.05, 4.69) is 20.2 Å². The van der Waals surface area contributed by atoms with E-state index in [1.54, 1.807) is 34.8 Å². The van der Waals surface area contributed by atoms with Gasteiger partial charge in [0.1, 0.15) is 23.6 Å². The molecule has 0 saturated carbocycles. The van der Waals surface area contributed by atoms with Crippen molar-refractivity contribution in [1.29, 1.82) is 0 Å². The molecular weight excluding hydrogens is 384 g/mol. The zero-order valence-electron chi connectivity index (χ0n) is 17.6. The van der Waals surface area contributed by atoms with Crippen LogP contribution >= 0.6 is 0 Å². The van der Waals surface area contributed by atoms with Crippen LogP contribution in [0.5, 0.6) is 23.0 Å². The van der Waals surface area contributed by atoms with E-state index < -0.39 is 0 Å². The molecule has 0 spiro atoms. The van der Waals surface area contributed by atoms with Crippen LogP contribution in [0.2, 0.25) is 0 Å². The molecule has 8 heteroatoms. The molecule has 1 unspecified atom stereocenters. The van der Waals surface area contributed by atoms with Gasteiger partial charge in [-0.2, -0.15) is 0 Å². The number of methoxy groups -OCH3 is 4. The number of rotatable bonds is 6. The van der Waals surface area contributed by atoms with Crippen LogP contribution in [0.1, 0.15) is 11.6 Å². The third kappa shape index (κ3) is 3.66. The summed E-state index contributed by atoms with van der Waals surface area (Å²) in [6.45, 7) is 2.36. The normalized spacial score (nSPS) is 16.4. The third-order valence-electron chi connectivity index (χ3n) is 5.41. The van der Waals surface area contributed by atoms with Gasteiger partial charge >= 0.3 is 0 Å². The van der Waals surface area contributed by atoms with Gasteiger partial charge < -0.3 is 29.2 Å². The number of hydrogen-bond donors (Lipinski definition) is 1. The Hall–Kier alpha value is -3.26. The Balaban J connectivity index is 1.71. The van der Waals surface area contributed by atoms with E-state index in [-0.39, 0.29) is 6.04 Å². The number of benzene rings is 2. The summed E-state index contributed by atoms with van der Waals surface area (Å²) in [5.41, 5.74) is 1.87. The Bertz CT molecular complexity index is 1040. The minimum atomic E-state index is 0.0639. The molecule has 1 aliphatic heterocycles. The zero-order valence-corrected chi connectivity index (χ0v) is 17.6. The second kappa shape index (κ2) is 8.62. The third-order valence-corrected chi connectivity index (χ3v) is 5.41. The fourth-order valence-electron chi connectivity index (χ4n) is 3.88. The van der Waals surface area contributed by atoms with Crippen molar-refractivity contribution in [3.63, 3.8) is 0 Å². The molecular formula is C22H26N4O4. The maximum Gasteiger partial charge on any atom is 0.162 e. The molecule has 0 radical (unpaired) electrons. The molecule has 0 aliphatic carbocycles. The lowest BCUT2D eigenvalue weighted by Gasteiger charge is -2.35. The van der Waals surface area contributed by atoms with Crippen molar-refractivity contribution in [2.45, 2.75) is 6.04 Å². The van der Waals surface area contributed by atoms with E-state index in [0.717, 1.165) is 53.4 Å². The van der Waals surface area contributed by atoms with Gasteiger partial charge in [-0.1, -0.05) is 0 Å². The summed E-state index contributed by atoms with van der Waals surface area (Å²) in [5.74, 6) is 3.80. The van der Waals surface area contributed by atoms with Crippen LogP contribution in [0.25, 0.3) is 10.9 Å². The number of hydrogen-bond acceptors (Lipinski definition) is 8. The van der Waals surface area contributed by atoms with Crippen molar-refractivity contribution in [3.8, 4) is 23.0 Å². The number of aromatic nitrogens is 2. The summed E-state index contributed by atoms with van der Waals surface area (Å²) < 4.78 is 21.9. The molecule has 2 aromatic carbocycles. The number of fused-ring (bicyclic) bond motifs is 1. The van der Waals surface area contributed by atoms with Gasteiger partial charge in [0.25, 0.3) is 0 Å². The highest BCUT2D eigenvalue weighted by Gasteiger charge is 2.26. The molecule has 0 bridgehead atoms. The van der Waals surface area contributed by atoms with Crippen molar-refractivity contribution in [1.82, 2.24) is 15.3 Å². The molecule has 0 amide bonds. The molecule has 158 valence electrons. The lowest BCUT2D eigenvalue weighted by Crippen LogP contribution is -2.46. The van der Waals surface area contributed by atoms with E-state index in [9.17, 15) is 0 Å². The molecule has 3 aromatic rings. The van der Waals surface area contributed by atoms with Gasteiger partial charge in [0, 0.05) is 36.7 Å². The minimum Gasteiger partial charge on any atom is -0.497 e. The van der Waals surface area contributed by atoms with Gasteiger partial charge in [-0.15, -0.1) is 0 Å². The molecule has 1 fully saturated rings.